The Balaban J connectivity index is 1.57. The maximum atomic E-state index is 10.5. The van der Waals surface area contributed by atoms with Crippen LogP contribution in [0.25, 0.3) is 0 Å². The van der Waals surface area contributed by atoms with E-state index in [-0.39, 0.29) is 6.10 Å². The SMILES string of the molecule is COc1ccc(CSc2ccc(C3(O)CC(OC)C3)cc2)cc1. The highest BCUT2D eigenvalue weighted by molar-refractivity contribution is 7.98. The molecular formula is C19H22O3S. The quantitative estimate of drug-likeness (QED) is 0.813. The lowest BCUT2D eigenvalue weighted by Gasteiger charge is -2.43. The van der Waals surface area contributed by atoms with E-state index < -0.39 is 5.60 Å². The van der Waals surface area contributed by atoms with Crippen LogP contribution in [-0.2, 0) is 16.1 Å². The van der Waals surface area contributed by atoms with Crippen molar-refractivity contribution < 1.29 is 14.6 Å². The van der Waals surface area contributed by atoms with E-state index in [0.717, 1.165) is 17.1 Å². The Labute approximate surface area is 141 Å². The first kappa shape index (κ1) is 16.4. The number of rotatable bonds is 6. The van der Waals surface area contributed by atoms with Crippen molar-refractivity contribution in [2.75, 3.05) is 14.2 Å². The standard InChI is InChI=1S/C19H22O3S/c1-21-16-7-3-14(4-8-16)13-23-18-9-5-15(6-10-18)19(20)11-17(12-19)22-2/h3-10,17,20H,11-13H2,1-2H3. The Hall–Kier alpha value is -1.49. The Morgan fingerprint density at radius 1 is 1.04 bits per heavy atom. The first-order valence-corrected chi connectivity index (χ1v) is 8.73. The molecule has 1 aliphatic carbocycles. The van der Waals surface area contributed by atoms with Gasteiger partial charge in [-0.25, -0.2) is 0 Å². The molecule has 0 bridgehead atoms. The van der Waals surface area contributed by atoms with Crippen molar-refractivity contribution in [3.05, 3.63) is 59.7 Å². The number of benzene rings is 2. The Morgan fingerprint density at radius 2 is 1.70 bits per heavy atom. The molecule has 3 nitrogen and oxygen atoms in total. The average Bonchev–Trinajstić information content (AvgIpc) is 2.58. The third kappa shape index (κ3) is 3.71. The van der Waals surface area contributed by atoms with E-state index in [1.165, 1.54) is 10.5 Å². The molecule has 0 amide bonds. The van der Waals surface area contributed by atoms with Crippen molar-refractivity contribution in [1.29, 1.82) is 0 Å². The molecule has 3 rings (SSSR count). The maximum Gasteiger partial charge on any atom is 0.118 e. The Morgan fingerprint density at radius 3 is 2.26 bits per heavy atom. The lowest BCUT2D eigenvalue weighted by Crippen LogP contribution is -2.45. The molecule has 0 spiro atoms. The summed E-state index contributed by atoms with van der Waals surface area (Å²) >= 11 is 1.79. The third-order valence-corrected chi connectivity index (χ3v) is 5.50. The Kier molecular flexibility index (Phi) is 4.95. The van der Waals surface area contributed by atoms with Gasteiger partial charge in [-0.1, -0.05) is 24.3 Å². The van der Waals surface area contributed by atoms with Gasteiger partial charge in [0, 0.05) is 30.6 Å². The fourth-order valence-electron chi connectivity index (χ4n) is 2.85. The first-order valence-electron chi connectivity index (χ1n) is 7.74. The van der Waals surface area contributed by atoms with Gasteiger partial charge >= 0.3 is 0 Å². The molecule has 0 radical (unpaired) electrons. The molecule has 4 heteroatoms. The van der Waals surface area contributed by atoms with Gasteiger partial charge in [-0.3, -0.25) is 0 Å². The molecule has 1 fully saturated rings. The molecular weight excluding hydrogens is 308 g/mol. The number of methoxy groups -OCH3 is 2. The summed E-state index contributed by atoms with van der Waals surface area (Å²) in [6.45, 7) is 0. The molecule has 0 saturated heterocycles. The fourth-order valence-corrected chi connectivity index (χ4v) is 3.70. The monoisotopic (exact) mass is 330 g/mol. The van der Waals surface area contributed by atoms with E-state index in [4.69, 9.17) is 9.47 Å². The molecule has 2 aromatic rings. The summed E-state index contributed by atoms with van der Waals surface area (Å²) < 4.78 is 10.4. The van der Waals surface area contributed by atoms with Gasteiger partial charge < -0.3 is 14.6 Å². The second-order valence-electron chi connectivity index (χ2n) is 5.96. The summed E-state index contributed by atoms with van der Waals surface area (Å²) in [6.07, 6.45) is 1.55. The molecule has 2 aromatic carbocycles. The second-order valence-corrected chi connectivity index (χ2v) is 7.01. The number of hydrogen-bond acceptors (Lipinski definition) is 4. The molecule has 0 aromatic heterocycles. The summed E-state index contributed by atoms with van der Waals surface area (Å²) in [5.41, 5.74) is 1.54. The highest BCUT2D eigenvalue weighted by Crippen LogP contribution is 2.43. The van der Waals surface area contributed by atoms with E-state index >= 15 is 0 Å². The van der Waals surface area contributed by atoms with Crippen molar-refractivity contribution in [3.8, 4) is 5.75 Å². The molecule has 0 aliphatic heterocycles. The second kappa shape index (κ2) is 6.95. The highest BCUT2D eigenvalue weighted by atomic mass is 32.2. The van der Waals surface area contributed by atoms with Crippen molar-refractivity contribution in [3.63, 3.8) is 0 Å². The van der Waals surface area contributed by atoms with Crippen LogP contribution >= 0.6 is 11.8 Å². The van der Waals surface area contributed by atoms with Crippen molar-refractivity contribution in [2.45, 2.75) is 35.2 Å². The van der Waals surface area contributed by atoms with Gasteiger partial charge in [0.2, 0.25) is 0 Å². The molecule has 0 unspecified atom stereocenters. The summed E-state index contributed by atoms with van der Waals surface area (Å²) in [4.78, 5) is 1.20. The van der Waals surface area contributed by atoms with E-state index in [2.05, 4.69) is 24.3 Å². The number of ether oxygens (including phenoxy) is 2. The number of hydrogen-bond donors (Lipinski definition) is 1. The highest BCUT2D eigenvalue weighted by Gasteiger charge is 2.44. The summed E-state index contributed by atoms with van der Waals surface area (Å²) in [6, 6.07) is 16.4. The molecule has 122 valence electrons. The van der Waals surface area contributed by atoms with Crippen molar-refractivity contribution in [2.24, 2.45) is 0 Å². The van der Waals surface area contributed by atoms with E-state index in [9.17, 15) is 5.11 Å². The summed E-state index contributed by atoms with van der Waals surface area (Å²) in [5, 5.41) is 10.5. The minimum absolute atomic E-state index is 0.184. The average molecular weight is 330 g/mol. The molecule has 0 atom stereocenters. The van der Waals surface area contributed by atoms with Crippen LogP contribution in [0.2, 0.25) is 0 Å². The van der Waals surface area contributed by atoms with Crippen LogP contribution in [0.15, 0.2) is 53.4 Å². The van der Waals surface area contributed by atoms with Crippen LogP contribution in [0.4, 0.5) is 0 Å². The van der Waals surface area contributed by atoms with Crippen LogP contribution in [0, 0.1) is 0 Å². The van der Waals surface area contributed by atoms with E-state index in [0.29, 0.717) is 12.8 Å². The first-order chi connectivity index (χ1) is 11.1. The largest absolute Gasteiger partial charge is 0.497 e. The van der Waals surface area contributed by atoms with Gasteiger partial charge in [0.15, 0.2) is 0 Å². The van der Waals surface area contributed by atoms with Gasteiger partial charge in [0.05, 0.1) is 18.8 Å². The zero-order valence-corrected chi connectivity index (χ0v) is 14.3. The summed E-state index contributed by atoms with van der Waals surface area (Å²) in [7, 11) is 3.37. The minimum atomic E-state index is -0.708. The van der Waals surface area contributed by atoms with Crippen LogP contribution in [0.1, 0.15) is 24.0 Å². The summed E-state index contributed by atoms with van der Waals surface area (Å²) in [5.74, 6) is 1.80. The van der Waals surface area contributed by atoms with Gasteiger partial charge in [0.1, 0.15) is 5.75 Å². The molecule has 1 N–H and O–H groups in total. The fraction of sp³-hybridized carbons (Fsp3) is 0.368. The van der Waals surface area contributed by atoms with Crippen molar-refractivity contribution in [1.82, 2.24) is 0 Å². The smallest absolute Gasteiger partial charge is 0.118 e. The molecule has 0 heterocycles. The van der Waals surface area contributed by atoms with Gasteiger partial charge in [0.25, 0.3) is 0 Å². The topological polar surface area (TPSA) is 38.7 Å². The van der Waals surface area contributed by atoms with Gasteiger partial charge in [-0.15, -0.1) is 11.8 Å². The number of aliphatic hydroxyl groups is 1. The Bertz CT molecular complexity index is 631. The predicted molar refractivity (Wildman–Crippen MR) is 92.9 cm³/mol. The predicted octanol–water partition coefficient (Wildman–Crippen LogP) is 3.98. The van der Waals surface area contributed by atoms with Crippen molar-refractivity contribution >= 4 is 11.8 Å². The van der Waals surface area contributed by atoms with E-state index in [1.807, 2.05) is 24.3 Å². The lowest BCUT2D eigenvalue weighted by molar-refractivity contribution is -0.133. The zero-order valence-electron chi connectivity index (χ0n) is 13.5. The van der Waals surface area contributed by atoms with E-state index in [1.54, 1.807) is 26.0 Å². The van der Waals surface area contributed by atoms with Gasteiger partial charge in [-0.05, 0) is 35.4 Å². The minimum Gasteiger partial charge on any atom is -0.497 e. The molecule has 1 aliphatic rings. The third-order valence-electron chi connectivity index (χ3n) is 4.42. The van der Waals surface area contributed by atoms with Crippen LogP contribution in [-0.4, -0.2) is 25.4 Å². The lowest BCUT2D eigenvalue weighted by atomic mass is 9.73. The zero-order chi connectivity index (χ0) is 16.3. The normalized spacial score (nSPS) is 23.3. The maximum absolute atomic E-state index is 10.5. The van der Waals surface area contributed by atoms with Crippen LogP contribution in [0.5, 0.6) is 5.75 Å². The molecule has 23 heavy (non-hydrogen) atoms. The number of thioether (sulfide) groups is 1. The van der Waals surface area contributed by atoms with Gasteiger partial charge in [-0.2, -0.15) is 0 Å². The molecule has 1 saturated carbocycles. The van der Waals surface area contributed by atoms with Crippen LogP contribution < -0.4 is 4.74 Å². The van der Waals surface area contributed by atoms with Crippen LogP contribution in [0.3, 0.4) is 0 Å².